The van der Waals surface area contributed by atoms with Gasteiger partial charge in [-0.1, -0.05) is 39.0 Å². The predicted octanol–water partition coefficient (Wildman–Crippen LogP) is 4.15. The van der Waals surface area contributed by atoms with E-state index < -0.39 is 24.2 Å². The van der Waals surface area contributed by atoms with E-state index in [1.165, 1.54) is 12.0 Å². The van der Waals surface area contributed by atoms with Crippen LogP contribution >= 0.6 is 0 Å². The predicted molar refractivity (Wildman–Crippen MR) is 178 cm³/mol. The number of aliphatic hydroxyl groups excluding tert-OH is 2. The monoisotopic (exact) mass is 622 g/mol. The number of carbonyl (C=O) groups is 1. The first-order chi connectivity index (χ1) is 21.3. The number of fused-ring (bicyclic) bond motifs is 2. The number of para-hydroxylation sites is 1. The van der Waals surface area contributed by atoms with Crippen molar-refractivity contribution >= 4 is 11.6 Å². The number of amides is 1. The highest BCUT2D eigenvalue weighted by Gasteiger charge is 2.57. The summed E-state index contributed by atoms with van der Waals surface area (Å²) in [6.45, 7) is 9.39. The number of carbonyl (C=O) groups excluding carboxylic acids is 1. The Hall–Kier alpha value is -2.69. The Morgan fingerprint density at radius 3 is 2.49 bits per heavy atom. The lowest BCUT2D eigenvalue weighted by Crippen LogP contribution is -2.62. The minimum absolute atomic E-state index is 0.0807. The molecule has 0 aromatic heterocycles. The Morgan fingerprint density at radius 2 is 1.91 bits per heavy atom. The summed E-state index contributed by atoms with van der Waals surface area (Å²) in [6.07, 6.45) is 0.643. The second-order valence-corrected chi connectivity index (χ2v) is 14.8. The van der Waals surface area contributed by atoms with Crippen molar-refractivity contribution in [3.05, 3.63) is 47.5 Å². The van der Waals surface area contributed by atoms with Crippen LogP contribution in [0.3, 0.4) is 0 Å². The van der Waals surface area contributed by atoms with Crippen LogP contribution in [0.1, 0.15) is 51.7 Å². The lowest BCUT2D eigenvalue weighted by molar-refractivity contribution is -0.183. The fraction of sp³-hybridized carbons (Fsp3) is 0.639. The number of methoxy groups -OCH3 is 1. The number of hydroxylamine groups is 2. The van der Waals surface area contributed by atoms with Crippen LogP contribution < -0.4 is 15.0 Å². The molecule has 1 heterocycles. The van der Waals surface area contributed by atoms with Gasteiger partial charge in [0.15, 0.2) is 0 Å². The Kier molecular flexibility index (Phi) is 9.88. The Labute approximate surface area is 269 Å². The summed E-state index contributed by atoms with van der Waals surface area (Å²) in [4.78, 5) is 24.6. The molecule has 4 aliphatic rings. The molecule has 3 saturated carbocycles. The van der Waals surface area contributed by atoms with Crippen molar-refractivity contribution in [2.45, 2.75) is 77.9 Å². The first-order valence-electron chi connectivity index (χ1n) is 16.4. The van der Waals surface area contributed by atoms with E-state index in [-0.39, 0.29) is 25.1 Å². The maximum atomic E-state index is 14.1. The SMILES string of the molecule is COc1c(CN2O[C@@H](CO)[C@@H]([C@H](C)O)[C@H]2C(=O)N[C@@H]2C[C@H]3C[C@@H]([C@@H]2C)C3(C)C)cccc1-c1cc(CN(C)C)cc(N(C)C)c1. The highest BCUT2D eigenvalue weighted by molar-refractivity contribution is 5.83. The van der Waals surface area contributed by atoms with Crippen LogP contribution in [0, 0.1) is 29.1 Å². The van der Waals surface area contributed by atoms with Gasteiger partial charge in [0.05, 0.1) is 26.4 Å². The molecule has 2 aromatic rings. The molecular formula is C36H54N4O5. The van der Waals surface area contributed by atoms with E-state index in [0.717, 1.165) is 35.3 Å². The zero-order valence-electron chi connectivity index (χ0n) is 28.6. The maximum Gasteiger partial charge on any atom is 0.240 e. The van der Waals surface area contributed by atoms with E-state index in [4.69, 9.17) is 9.57 Å². The van der Waals surface area contributed by atoms with Crippen LogP contribution in [-0.4, -0.2) is 92.3 Å². The third kappa shape index (κ3) is 6.47. The lowest BCUT2D eigenvalue weighted by Gasteiger charge is -2.62. The second kappa shape index (κ2) is 13.2. The largest absolute Gasteiger partial charge is 0.496 e. The molecule has 4 fully saturated rings. The minimum Gasteiger partial charge on any atom is -0.496 e. The average molecular weight is 623 g/mol. The van der Waals surface area contributed by atoms with Crippen LogP contribution in [0.15, 0.2) is 36.4 Å². The minimum atomic E-state index is -0.851. The van der Waals surface area contributed by atoms with E-state index in [0.29, 0.717) is 28.9 Å². The highest BCUT2D eigenvalue weighted by Crippen LogP contribution is 2.61. The number of nitrogens with zero attached hydrogens (tertiary/aromatic N) is 3. The van der Waals surface area contributed by atoms with Crippen molar-refractivity contribution in [3.63, 3.8) is 0 Å². The van der Waals surface area contributed by atoms with Crippen molar-refractivity contribution in [2.24, 2.45) is 29.1 Å². The zero-order chi connectivity index (χ0) is 32.8. The third-order valence-electron chi connectivity index (χ3n) is 11.0. The number of hydrogen-bond acceptors (Lipinski definition) is 8. The van der Waals surface area contributed by atoms with E-state index in [1.807, 2.05) is 26.2 Å². The van der Waals surface area contributed by atoms with Crippen molar-refractivity contribution in [3.8, 4) is 16.9 Å². The lowest BCUT2D eigenvalue weighted by atomic mass is 9.45. The number of ether oxygens (including phenoxy) is 1. The van der Waals surface area contributed by atoms with Gasteiger partial charge >= 0.3 is 0 Å². The van der Waals surface area contributed by atoms with Crippen molar-refractivity contribution in [1.29, 1.82) is 0 Å². The summed E-state index contributed by atoms with van der Waals surface area (Å²) in [5.41, 5.74) is 5.44. The molecule has 248 valence electrons. The van der Waals surface area contributed by atoms with Crippen LogP contribution in [0.25, 0.3) is 11.1 Å². The molecule has 0 unspecified atom stereocenters. The smallest absolute Gasteiger partial charge is 0.240 e. The van der Waals surface area contributed by atoms with Gasteiger partial charge in [-0.25, -0.2) is 0 Å². The molecule has 3 aliphatic carbocycles. The van der Waals surface area contributed by atoms with E-state index in [1.54, 1.807) is 19.1 Å². The molecule has 1 aliphatic heterocycles. The Morgan fingerprint density at radius 1 is 1.18 bits per heavy atom. The van der Waals surface area contributed by atoms with E-state index >= 15 is 0 Å². The van der Waals surface area contributed by atoms with Crippen molar-refractivity contribution < 1.29 is 24.6 Å². The van der Waals surface area contributed by atoms with Crippen molar-refractivity contribution in [2.75, 3.05) is 46.8 Å². The molecule has 9 heteroatoms. The van der Waals surface area contributed by atoms with Gasteiger partial charge in [-0.05, 0) is 86.4 Å². The molecule has 8 atom stereocenters. The molecule has 6 rings (SSSR count). The normalized spacial score (nSPS) is 29.7. The Balaban J connectivity index is 1.45. The molecule has 1 saturated heterocycles. The van der Waals surface area contributed by atoms with E-state index in [2.05, 4.69) is 74.2 Å². The molecule has 2 aromatic carbocycles. The number of anilines is 1. The topological polar surface area (TPSA) is 97.7 Å². The van der Waals surface area contributed by atoms with Gasteiger partial charge in [0.2, 0.25) is 5.91 Å². The molecule has 9 nitrogen and oxygen atoms in total. The molecule has 0 spiro atoms. The van der Waals surface area contributed by atoms with Crippen molar-refractivity contribution in [1.82, 2.24) is 15.3 Å². The van der Waals surface area contributed by atoms with Gasteiger partial charge < -0.3 is 30.1 Å². The molecular weight excluding hydrogens is 568 g/mol. The average Bonchev–Trinajstić information content (AvgIpc) is 3.35. The van der Waals surface area contributed by atoms with Gasteiger partial charge in [0.1, 0.15) is 17.9 Å². The quantitative estimate of drug-likeness (QED) is 0.344. The van der Waals surface area contributed by atoms with Gasteiger partial charge in [-0.2, -0.15) is 5.06 Å². The first-order valence-corrected chi connectivity index (χ1v) is 16.4. The van der Waals surface area contributed by atoms with Crippen LogP contribution in [0.2, 0.25) is 0 Å². The molecule has 3 N–H and O–H groups in total. The fourth-order valence-electron chi connectivity index (χ4n) is 8.37. The molecule has 2 bridgehead atoms. The van der Waals surface area contributed by atoms with Crippen LogP contribution in [-0.2, 0) is 22.7 Å². The molecule has 1 amide bonds. The van der Waals surface area contributed by atoms with Crippen LogP contribution in [0.5, 0.6) is 5.75 Å². The van der Waals surface area contributed by atoms with Gasteiger partial charge in [0, 0.05) is 49.4 Å². The third-order valence-corrected chi connectivity index (χ3v) is 11.0. The van der Waals surface area contributed by atoms with Gasteiger partial charge in [-0.3, -0.25) is 9.63 Å². The highest BCUT2D eigenvalue weighted by atomic mass is 16.7. The van der Waals surface area contributed by atoms with Gasteiger partial charge in [0.25, 0.3) is 0 Å². The fourth-order valence-corrected chi connectivity index (χ4v) is 8.37. The number of rotatable bonds is 11. The summed E-state index contributed by atoms with van der Waals surface area (Å²) < 4.78 is 6.05. The summed E-state index contributed by atoms with van der Waals surface area (Å²) in [5.74, 6) is 1.53. The summed E-state index contributed by atoms with van der Waals surface area (Å²) in [7, 11) is 9.86. The standard InChI is InChI=1S/C36H54N4O5/c1-21-29-16-26(36(29,3)4)17-30(21)37-35(43)33-32(22(2)42)31(20-41)45-40(33)19-24-11-10-12-28(34(24)44-9)25-13-23(18-38(5)6)14-27(15-25)39(7)8/h10-15,21-22,26,29-33,41-42H,16-20H2,1-9H3,(H,37,43)/t21-,22-,26+,29-,30+,31-,32+,33-/m0/s1. The van der Waals surface area contributed by atoms with Crippen LogP contribution in [0.4, 0.5) is 5.69 Å². The van der Waals surface area contributed by atoms with Gasteiger partial charge in [-0.15, -0.1) is 0 Å². The second-order valence-electron chi connectivity index (χ2n) is 14.8. The number of benzene rings is 2. The molecule has 0 radical (unpaired) electrons. The van der Waals surface area contributed by atoms with E-state index in [9.17, 15) is 15.0 Å². The maximum absolute atomic E-state index is 14.1. The summed E-state index contributed by atoms with van der Waals surface area (Å²) in [5, 5.41) is 26.1. The Bertz CT molecular complexity index is 1360. The summed E-state index contributed by atoms with van der Waals surface area (Å²) in [6, 6.07) is 11.9. The zero-order valence-corrected chi connectivity index (χ0v) is 28.6. The number of hydrogen-bond donors (Lipinski definition) is 3. The number of nitrogens with one attached hydrogen (secondary N) is 1. The molecule has 45 heavy (non-hydrogen) atoms. The number of aliphatic hydroxyl groups is 2. The summed E-state index contributed by atoms with van der Waals surface area (Å²) >= 11 is 0. The first kappa shape index (κ1) is 33.7.